The summed E-state index contributed by atoms with van der Waals surface area (Å²) < 4.78 is 0. The van der Waals surface area contributed by atoms with Crippen LogP contribution in [0.4, 0.5) is 0 Å². The minimum atomic E-state index is 0.168. The van der Waals surface area contributed by atoms with Crippen LogP contribution in [-0.2, 0) is 0 Å². The van der Waals surface area contributed by atoms with E-state index >= 15 is 0 Å². The van der Waals surface area contributed by atoms with Gasteiger partial charge in [-0.15, -0.1) is 0 Å². The highest BCUT2D eigenvalue weighted by Crippen LogP contribution is 2.15. The Bertz CT molecular complexity index is 149. The Morgan fingerprint density at radius 2 is 2.56 bits per heavy atom. The maximum atomic E-state index is 8.67. The molecular weight excluding hydrogens is 132 g/mol. The third-order valence-electron chi connectivity index (χ3n) is 1.34. The van der Waals surface area contributed by atoms with Gasteiger partial charge in [0.15, 0.2) is 0 Å². The number of rotatable bonds is 1. The van der Waals surface area contributed by atoms with Crippen molar-refractivity contribution >= 4 is 12.6 Å². The van der Waals surface area contributed by atoms with Gasteiger partial charge in [-0.25, -0.2) is 0 Å². The van der Waals surface area contributed by atoms with Crippen molar-refractivity contribution in [2.24, 2.45) is 0 Å². The first-order valence-corrected chi connectivity index (χ1v) is 3.49. The molecule has 1 nitrogen and oxygen atoms in total. The summed E-state index contributed by atoms with van der Waals surface area (Å²) in [5.74, 6) is 0. The van der Waals surface area contributed by atoms with Gasteiger partial charge in [-0.3, -0.25) is 0 Å². The Labute approximate surface area is 60.5 Å². The third kappa shape index (κ3) is 1.88. The molecule has 0 amide bonds. The van der Waals surface area contributed by atoms with E-state index in [0.717, 1.165) is 12.0 Å². The van der Waals surface area contributed by atoms with Gasteiger partial charge in [0.2, 0.25) is 0 Å². The fourth-order valence-electron chi connectivity index (χ4n) is 0.842. The summed E-state index contributed by atoms with van der Waals surface area (Å²) >= 11 is 4.24. The van der Waals surface area contributed by atoms with Gasteiger partial charge in [0, 0.05) is 5.25 Å². The molecule has 0 aromatic rings. The monoisotopic (exact) mass is 142 g/mol. The van der Waals surface area contributed by atoms with Crippen molar-refractivity contribution in [3.63, 3.8) is 0 Å². The lowest BCUT2D eigenvalue weighted by molar-refractivity contribution is 0.326. The van der Waals surface area contributed by atoms with Crippen molar-refractivity contribution in [2.75, 3.05) is 6.61 Å². The topological polar surface area (TPSA) is 20.2 Å². The van der Waals surface area contributed by atoms with Gasteiger partial charge in [-0.2, -0.15) is 12.6 Å². The number of hydrogen-bond acceptors (Lipinski definition) is 2. The molecule has 0 radical (unpaired) electrons. The second-order valence-corrected chi connectivity index (χ2v) is 2.80. The highest BCUT2D eigenvalue weighted by molar-refractivity contribution is 7.81. The van der Waals surface area contributed by atoms with Crippen molar-refractivity contribution in [3.8, 4) is 0 Å². The summed E-state index contributed by atoms with van der Waals surface area (Å²) in [4.78, 5) is 0. The molecule has 50 valence electrons. The lowest BCUT2D eigenvalue weighted by Crippen LogP contribution is -2.02. The molecule has 0 aliphatic heterocycles. The van der Waals surface area contributed by atoms with E-state index in [1.54, 1.807) is 0 Å². The molecule has 0 saturated heterocycles. The predicted octanol–water partition coefficient (Wildman–Crippen LogP) is 1.16. The Hall–Kier alpha value is -0.210. The summed E-state index contributed by atoms with van der Waals surface area (Å²) in [6, 6.07) is 0. The van der Waals surface area contributed by atoms with Crippen molar-refractivity contribution < 1.29 is 5.11 Å². The zero-order valence-electron chi connectivity index (χ0n) is 5.12. The molecule has 1 aliphatic carbocycles. The van der Waals surface area contributed by atoms with E-state index in [2.05, 4.69) is 12.6 Å². The highest BCUT2D eigenvalue weighted by atomic mass is 32.1. The first-order valence-electron chi connectivity index (χ1n) is 2.98. The molecule has 0 saturated carbocycles. The van der Waals surface area contributed by atoms with Gasteiger partial charge < -0.3 is 5.11 Å². The molecule has 1 aliphatic rings. The van der Waals surface area contributed by atoms with Crippen molar-refractivity contribution in [3.05, 3.63) is 23.8 Å². The molecule has 1 N–H and O–H groups in total. The zero-order chi connectivity index (χ0) is 6.69. The Morgan fingerprint density at radius 1 is 1.78 bits per heavy atom. The average molecular weight is 142 g/mol. The molecular formula is C7H10OS. The maximum absolute atomic E-state index is 8.67. The van der Waals surface area contributed by atoms with Crippen LogP contribution >= 0.6 is 12.6 Å². The standard InChI is InChI=1S/C7H10OS/c8-5-6-2-1-3-7(9)4-6/h1-3,7-9H,4-5H2. The van der Waals surface area contributed by atoms with E-state index in [-0.39, 0.29) is 6.61 Å². The highest BCUT2D eigenvalue weighted by Gasteiger charge is 2.04. The third-order valence-corrected chi connectivity index (χ3v) is 1.69. The fourth-order valence-corrected chi connectivity index (χ4v) is 1.18. The Morgan fingerprint density at radius 3 is 3.00 bits per heavy atom. The van der Waals surface area contributed by atoms with Crippen molar-refractivity contribution in [2.45, 2.75) is 11.7 Å². The molecule has 0 aromatic heterocycles. The first-order chi connectivity index (χ1) is 4.33. The number of aliphatic hydroxyl groups is 1. The van der Waals surface area contributed by atoms with E-state index < -0.39 is 0 Å². The van der Waals surface area contributed by atoms with E-state index in [0.29, 0.717) is 5.25 Å². The van der Waals surface area contributed by atoms with Crippen LogP contribution in [0, 0.1) is 0 Å². The van der Waals surface area contributed by atoms with Crippen LogP contribution in [-0.4, -0.2) is 17.0 Å². The van der Waals surface area contributed by atoms with Crippen LogP contribution in [0.3, 0.4) is 0 Å². The Balaban J connectivity index is 2.55. The largest absolute Gasteiger partial charge is 0.392 e. The van der Waals surface area contributed by atoms with Crippen LogP contribution in [0.15, 0.2) is 23.8 Å². The minimum absolute atomic E-state index is 0.168. The number of aliphatic hydroxyl groups excluding tert-OH is 1. The Kier molecular flexibility index (Phi) is 2.37. The average Bonchev–Trinajstić information content (AvgIpc) is 1.88. The number of hydrogen-bond donors (Lipinski definition) is 2. The van der Waals surface area contributed by atoms with Crippen molar-refractivity contribution in [1.82, 2.24) is 0 Å². The lowest BCUT2D eigenvalue weighted by Gasteiger charge is -2.10. The quantitative estimate of drug-likeness (QED) is 0.526. The zero-order valence-corrected chi connectivity index (χ0v) is 6.01. The van der Waals surface area contributed by atoms with Crippen LogP contribution < -0.4 is 0 Å². The van der Waals surface area contributed by atoms with Gasteiger partial charge >= 0.3 is 0 Å². The summed E-state index contributed by atoms with van der Waals surface area (Å²) in [6.45, 7) is 0.168. The molecule has 2 heteroatoms. The van der Waals surface area contributed by atoms with Gasteiger partial charge in [0.1, 0.15) is 0 Å². The fraction of sp³-hybridized carbons (Fsp3) is 0.429. The molecule has 1 unspecified atom stereocenters. The van der Waals surface area contributed by atoms with E-state index in [1.807, 2.05) is 18.2 Å². The number of allylic oxidation sites excluding steroid dienone is 2. The minimum Gasteiger partial charge on any atom is -0.392 e. The molecule has 0 heterocycles. The van der Waals surface area contributed by atoms with E-state index in [4.69, 9.17) is 5.11 Å². The van der Waals surface area contributed by atoms with Gasteiger partial charge in [0.05, 0.1) is 6.61 Å². The van der Waals surface area contributed by atoms with Gasteiger partial charge in [-0.1, -0.05) is 18.2 Å². The van der Waals surface area contributed by atoms with E-state index in [9.17, 15) is 0 Å². The van der Waals surface area contributed by atoms with Crippen molar-refractivity contribution in [1.29, 1.82) is 0 Å². The van der Waals surface area contributed by atoms with Crippen LogP contribution in [0.1, 0.15) is 6.42 Å². The normalized spacial score (nSPS) is 26.0. The first kappa shape index (κ1) is 6.90. The van der Waals surface area contributed by atoms with Gasteiger partial charge in [0.25, 0.3) is 0 Å². The molecule has 1 rings (SSSR count). The molecule has 0 bridgehead atoms. The molecule has 0 spiro atoms. The molecule has 1 atom stereocenters. The number of thiol groups is 1. The smallest absolute Gasteiger partial charge is 0.0645 e. The maximum Gasteiger partial charge on any atom is 0.0645 e. The summed E-state index contributed by atoms with van der Waals surface area (Å²) in [5.41, 5.74) is 1.07. The molecule has 0 aromatic carbocycles. The summed E-state index contributed by atoms with van der Waals surface area (Å²) in [5, 5.41) is 8.98. The molecule has 0 fully saturated rings. The van der Waals surface area contributed by atoms with Crippen LogP contribution in [0.5, 0.6) is 0 Å². The molecule has 9 heavy (non-hydrogen) atoms. The second kappa shape index (κ2) is 3.08. The van der Waals surface area contributed by atoms with Crippen LogP contribution in [0.2, 0.25) is 0 Å². The van der Waals surface area contributed by atoms with Gasteiger partial charge in [-0.05, 0) is 12.0 Å². The summed E-state index contributed by atoms with van der Waals surface area (Å²) in [6.07, 6.45) is 6.78. The lowest BCUT2D eigenvalue weighted by atomic mass is 10.1. The van der Waals surface area contributed by atoms with E-state index in [1.165, 1.54) is 0 Å². The second-order valence-electron chi connectivity index (χ2n) is 2.14. The SMILES string of the molecule is OCC1=CC=CC(S)C1. The summed E-state index contributed by atoms with van der Waals surface area (Å²) in [7, 11) is 0. The predicted molar refractivity (Wildman–Crippen MR) is 41.7 cm³/mol. The van der Waals surface area contributed by atoms with Crippen LogP contribution in [0.25, 0.3) is 0 Å².